The van der Waals surface area contributed by atoms with Gasteiger partial charge in [-0.1, -0.05) is 0 Å². The van der Waals surface area contributed by atoms with Crippen molar-refractivity contribution in [2.75, 3.05) is 0 Å². The van der Waals surface area contributed by atoms with E-state index in [4.69, 9.17) is 11.6 Å². The van der Waals surface area contributed by atoms with Gasteiger partial charge in [-0.3, -0.25) is 0 Å². The van der Waals surface area contributed by atoms with E-state index in [1.165, 1.54) is 0 Å². The van der Waals surface area contributed by atoms with Gasteiger partial charge in [-0.2, -0.15) is 0 Å². The molecular formula is C7H5BrClNO2. The summed E-state index contributed by atoms with van der Waals surface area (Å²) in [5.74, 6) is 0.181. The Hall–Kier alpha value is -0.610. The van der Waals surface area contributed by atoms with E-state index in [0.29, 0.717) is 4.47 Å². The Morgan fingerprint density at radius 3 is 2.92 bits per heavy atom. The first-order valence-electron chi connectivity index (χ1n) is 3.09. The van der Waals surface area contributed by atoms with Gasteiger partial charge in [-0.15, -0.1) is 0 Å². The molecular weight excluding hydrogens is 245 g/mol. The fraction of sp³-hybridized carbons (Fsp3) is 0.143. The molecule has 1 heterocycles. The van der Waals surface area contributed by atoms with Gasteiger partial charge in [-0.25, -0.2) is 9.78 Å². The molecule has 0 aliphatic rings. The number of aromatic nitrogens is 1. The van der Waals surface area contributed by atoms with E-state index in [9.17, 15) is 4.79 Å². The van der Waals surface area contributed by atoms with Crippen LogP contribution in [0.1, 0.15) is 5.56 Å². The third kappa shape index (κ3) is 2.46. The molecule has 0 fully saturated rings. The summed E-state index contributed by atoms with van der Waals surface area (Å²) in [6.45, 7) is 1.88. The van der Waals surface area contributed by atoms with Gasteiger partial charge in [0.05, 0.1) is 4.47 Å². The summed E-state index contributed by atoms with van der Waals surface area (Å²) in [4.78, 5) is 14.2. The topological polar surface area (TPSA) is 39.2 Å². The van der Waals surface area contributed by atoms with Gasteiger partial charge in [0.1, 0.15) is 0 Å². The minimum absolute atomic E-state index is 0.181. The average molecular weight is 250 g/mol. The molecule has 0 aliphatic carbocycles. The number of hydrogen-bond acceptors (Lipinski definition) is 3. The lowest BCUT2D eigenvalue weighted by molar-refractivity contribution is 0.223. The highest BCUT2D eigenvalue weighted by Gasteiger charge is 2.05. The van der Waals surface area contributed by atoms with E-state index in [1.807, 2.05) is 6.92 Å². The number of ether oxygens (including phenoxy) is 1. The lowest BCUT2D eigenvalue weighted by atomic mass is 10.3. The maximum absolute atomic E-state index is 10.3. The fourth-order valence-electron chi connectivity index (χ4n) is 0.672. The Morgan fingerprint density at radius 2 is 2.42 bits per heavy atom. The first-order chi connectivity index (χ1) is 5.59. The molecule has 0 saturated heterocycles. The van der Waals surface area contributed by atoms with Crippen molar-refractivity contribution in [3.63, 3.8) is 0 Å². The molecule has 3 nitrogen and oxygen atoms in total. The molecule has 1 aromatic heterocycles. The van der Waals surface area contributed by atoms with Crippen LogP contribution in [-0.4, -0.2) is 10.4 Å². The highest BCUT2D eigenvalue weighted by atomic mass is 79.9. The summed E-state index contributed by atoms with van der Waals surface area (Å²) in [6, 6.07) is 1.78. The molecule has 0 N–H and O–H groups in total. The summed E-state index contributed by atoms with van der Waals surface area (Å²) >= 11 is 8.18. The molecule has 1 rings (SSSR count). The lowest BCUT2D eigenvalue weighted by Crippen LogP contribution is -1.99. The summed E-state index contributed by atoms with van der Waals surface area (Å²) in [6.07, 6.45) is 1.58. The highest BCUT2D eigenvalue weighted by Crippen LogP contribution is 2.23. The van der Waals surface area contributed by atoms with Gasteiger partial charge >= 0.3 is 5.43 Å². The Morgan fingerprint density at radius 1 is 1.75 bits per heavy atom. The third-order valence-electron chi connectivity index (χ3n) is 1.12. The SMILES string of the molecule is Cc1cnc(OC(=O)Cl)c(Br)c1. The number of hydrogen-bond donors (Lipinski definition) is 0. The summed E-state index contributed by atoms with van der Waals surface area (Å²) in [7, 11) is 0. The highest BCUT2D eigenvalue weighted by molar-refractivity contribution is 9.10. The van der Waals surface area contributed by atoms with Crippen molar-refractivity contribution in [1.29, 1.82) is 0 Å². The zero-order valence-corrected chi connectivity index (χ0v) is 8.52. The van der Waals surface area contributed by atoms with E-state index in [2.05, 4.69) is 25.7 Å². The van der Waals surface area contributed by atoms with Crippen LogP contribution in [0.3, 0.4) is 0 Å². The van der Waals surface area contributed by atoms with Gasteiger partial charge in [0.2, 0.25) is 5.88 Å². The fourth-order valence-corrected chi connectivity index (χ4v) is 1.29. The number of halogens is 2. The largest absolute Gasteiger partial charge is 0.410 e. The van der Waals surface area contributed by atoms with Crippen LogP contribution in [-0.2, 0) is 0 Å². The Bertz CT molecular complexity index is 316. The molecule has 0 atom stereocenters. The maximum Gasteiger partial charge on any atom is 0.410 e. The first kappa shape index (κ1) is 9.48. The van der Waals surface area contributed by atoms with E-state index >= 15 is 0 Å². The minimum atomic E-state index is -0.896. The molecule has 5 heteroatoms. The summed E-state index contributed by atoms with van der Waals surface area (Å²) < 4.78 is 5.18. The smallest absolute Gasteiger partial charge is 0.394 e. The van der Waals surface area contributed by atoms with Crippen molar-refractivity contribution in [2.24, 2.45) is 0 Å². The van der Waals surface area contributed by atoms with Crippen molar-refractivity contribution >= 4 is 33.0 Å². The van der Waals surface area contributed by atoms with Crippen LogP contribution in [0.4, 0.5) is 4.79 Å². The predicted molar refractivity (Wildman–Crippen MR) is 48.6 cm³/mol. The van der Waals surface area contributed by atoms with Crippen LogP contribution in [0.15, 0.2) is 16.7 Å². The molecule has 0 aliphatic heterocycles. The van der Waals surface area contributed by atoms with E-state index < -0.39 is 5.43 Å². The van der Waals surface area contributed by atoms with Crippen LogP contribution >= 0.6 is 27.5 Å². The quantitative estimate of drug-likeness (QED) is 0.720. The minimum Gasteiger partial charge on any atom is -0.394 e. The first-order valence-corrected chi connectivity index (χ1v) is 4.26. The maximum atomic E-state index is 10.3. The summed E-state index contributed by atoms with van der Waals surface area (Å²) in [5.41, 5.74) is 0.0725. The molecule has 0 unspecified atom stereocenters. The number of nitrogens with zero attached hydrogens (tertiary/aromatic N) is 1. The average Bonchev–Trinajstić information content (AvgIpc) is 1.94. The predicted octanol–water partition coefficient (Wildman–Crippen LogP) is 2.89. The van der Waals surface area contributed by atoms with Gasteiger partial charge < -0.3 is 4.74 Å². The lowest BCUT2D eigenvalue weighted by Gasteiger charge is -2.01. The van der Waals surface area contributed by atoms with Crippen molar-refractivity contribution in [3.05, 3.63) is 22.3 Å². The molecule has 64 valence electrons. The second-order valence-corrected chi connectivity index (χ2v) is 3.30. The van der Waals surface area contributed by atoms with Crippen LogP contribution in [0.5, 0.6) is 5.88 Å². The van der Waals surface area contributed by atoms with Crippen LogP contribution in [0.25, 0.3) is 0 Å². The zero-order valence-electron chi connectivity index (χ0n) is 6.17. The molecule has 0 amide bonds. The molecule has 12 heavy (non-hydrogen) atoms. The van der Waals surface area contributed by atoms with Crippen molar-refractivity contribution in [3.8, 4) is 5.88 Å². The molecule has 1 aromatic rings. The zero-order chi connectivity index (χ0) is 9.14. The molecule has 0 bridgehead atoms. The number of rotatable bonds is 1. The normalized spacial score (nSPS) is 9.58. The second kappa shape index (κ2) is 3.87. The van der Waals surface area contributed by atoms with E-state index in [0.717, 1.165) is 5.56 Å². The summed E-state index contributed by atoms with van der Waals surface area (Å²) in [5, 5.41) is 0. The van der Waals surface area contributed by atoms with E-state index in [1.54, 1.807) is 12.3 Å². The van der Waals surface area contributed by atoms with E-state index in [-0.39, 0.29) is 5.88 Å². The van der Waals surface area contributed by atoms with Crippen molar-refractivity contribution < 1.29 is 9.53 Å². The van der Waals surface area contributed by atoms with Gasteiger partial charge in [-0.05, 0) is 34.5 Å². The Balaban J connectivity index is 2.93. The number of carbonyl (C=O) groups is 1. The third-order valence-corrected chi connectivity index (χ3v) is 1.77. The number of carbonyl (C=O) groups excluding carboxylic acids is 1. The number of pyridine rings is 1. The number of aryl methyl sites for hydroxylation is 1. The molecule has 0 saturated carbocycles. The van der Waals surface area contributed by atoms with Crippen LogP contribution in [0.2, 0.25) is 0 Å². The monoisotopic (exact) mass is 249 g/mol. The van der Waals surface area contributed by atoms with Gasteiger partial charge in [0.15, 0.2) is 0 Å². The molecule has 0 spiro atoms. The van der Waals surface area contributed by atoms with Crippen molar-refractivity contribution in [1.82, 2.24) is 4.98 Å². The van der Waals surface area contributed by atoms with Crippen molar-refractivity contribution in [2.45, 2.75) is 6.92 Å². The van der Waals surface area contributed by atoms with Crippen LogP contribution < -0.4 is 4.74 Å². The Kier molecular flexibility index (Phi) is 3.05. The van der Waals surface area contributed by atoms with Gasteiger partial charge in [0, 0.05) is 17.8 Å². The van der Waals surface area contributed by atoms with Crippen LogP contribution in [0, 0.1) is 6.92 Å². The molecule has 0 aromatic carbocycles. The second-order valence-electron chi connectivity index (χ2n) is 2.14. The Labute approximate surface area is 82.8 Å². The van der Waals surface area contributed by atoms with Gasteiger partial charge in [0.25, 0.3) is 0 Å². The molecule has 0 radical (unpaired) electrons. The standard InChI is InChI=1S/C7H5BrClNO2/c1-4-2-5(8)6(10-3-4)12-7(9)11/h2-3H,1H3.